The summed E-state index contributed by atoms with van der Waals surface area (Å²) in [6, 6.07) is 1.84. The van der Waals surface area contributed by atoms with Crippen LogP contribution in [0.15, 0.2) is 6.07 Å². The highest BCUT2D eigenvalue weighted by Crippen LogP contribution is 2.42. The maximum Gasteiger partial charge on any atom is 0.284 e. The van der Waals surface area contributed by atoms with Gasteiger partial charge in [-0.1, -0.05) is 19.3 Å². The summed E-state index contributed by atoms with van der Waals surface area (Å²) < 4.78 is 0. The van der Waals surface area contributed by atoms with Crippen molar-refractivity contribution in [3.05, 3.63) is 21.4 Å². The second kappa shape index (κ2) is 6.38. The average molecular weight is 322 g/mol. The number of hydrogen-bond donors (Lipinski definition) is 3. The number of carbonyl (C=O) groups is 2. The first-order valence-corrected chi connectivity index (χ1v) is 8.81. The quantitative estimate of drug-likeness (QED) is 0.549. The molecule has 0 radical (unpaired) electrons. The first kappa shape index (κ1) is 15.5. The molecule has 1 aromatic heterocycles. The molecule has 2 heterocycles. The third-order valence-corrected chi connectivity index (χ3v) is 6.20. The van der Waals surface area contributed by atoms with Gasteiger partial charge in [-0.2, -0.15) is 0 Å². The molecule has 0 atom stereocenters. The van der Waals surface area contributed by atoms with Crippen LogP contribution in [0.25, 0.3) is 0 Å². The van der Waals surface area contributed by atoms with E-state index in [2.05, 4.69) is 5.32 Å². The molecule has 3 rings (SSSR count). The van der Waals surface area contributed by atoms with Crippen molar-refractivity contribution in [3.63, 3.8) is 0 Å². The van der Waals surface area contributed by atoms with Crippen LogP contribution in [-0.4, -0.2) is 17.0 Å². The van der Waals surface area contributed by atoms with Crippen LogP contribution in [0.4, 0.5) is 0 Å². The van der Waals surface area contributed by atoms with Gasteiger partial charge in [0.25, 0.3) is 5.91 Å². The molecule has 0 bridgehead atoms. The van der Waals surface area contributed by atoms with Gasteiger partial charge in [0.05, 0.1) is 11.4 Å². The number of hydrogen-bond acceptors (Lipinski definition) is 4. The lowest BCUT2D eigenvalue weighted by Crippen LogP contribution is -2.41. The van der Waals surface area contributed by atoms with Crippen molar-refractivity contribution in [3.8, 4) is 0 Å². The van der Waals surface area contributed by atoms with Gasteiger partial charge < -0.3 is 5.32 Å². The number of aryl methyl sites for hydroxylation is 1. The largest absolute Gasteiger partial charge is 0.351 e. The van der Waals surface area contributed by atoms with E-state index in [9.17, 15) is 9.59 Å². The van der Waals surface area contributed by atoms with Crippen LogP contribution < -0.4 is 10.8 Å². The summed E-state index contributed by atoms with van der Waals surface area (Å²) in [5.74, 6) is -0.300. The molecule has 5 nitrogen and oxygen atoms in total. The fraction of sp³-hybridized carbons (Fsp3) is 0.625. The van der Waals surface area contributed by atoms with Crippen molar-refractivity contribution in [2.75, 3.05) is 0 Å². The number of carbonyl (C=O) groups excluding carboxylic acids is 2. The minimum absolute atomic E-state index is 0.169. The standard InChI is InChI=1S/C16H22N2O3S/c19-14(18-21)12-9-11-5-4-8-16(6-2-1-3-7-16)15(20)17-10-13(11)22-12/h9,21H,1-8,10H2,(H,17,20)(H,18,19). The van der Waals surface area contributed by atoms with Gasteiger partial charge in [0.15, 0.2) is 0 Å². The summed E-state index contributed by atoms with van der Waals surface area (Å²) >= 11 is 1.35. The van der Waals surface area contributed by atoms with Crippen LogP contribution in [0, 0.1) is 5.41 Å². The molecule has 22 heavy (non-hydrogen) atoms. The lowest BCUT2D eigenvalue weighted by atomic mass is 9.70. The smallest absolute Gasteiger partial charge is 0.284 e. The molecule has 0 saturated heterocycles. The molecule has 1 fully saturated rings. The third kappa shape index (κ3) is 2.90. The van der Waals surface area contributed by atoms with Crippen LogP contribution in [0.3, 0.4) is 0 Å². The topological polar surface area (TPSA) is 78.4 Å². The molecule has 0 aromatic carbocycles. The summed E-state index contributed by atoms with van der Waals surface area (Å²) in [5, 5.41) is 11.8. The van der Waals surface area contributed by atoms with Crippen LogP contribution in [0.1, 0.15) is 65.1 Å². The Morgan fingerprint density at radius 2 is 1.95 bits per heavy atom. The van der Waals surface area contributed by atoms with E-state index in [-0.39, 0.29) is 11.3 Å². The number of amides is 2. The molecule has 2 aliphatic rings. The van der Waals surface area contributed by atoms with Crippen molar-refractivity contribution in [1.82, 2.24) is 10.8 Å². The van der Waals surface area contributed by atoms with Crippen LogP contribution in [-0.2, 0) is 17.8 Å². The number of rotatable bonds is 1. The van der Waals surface area contributed by atoms with E-state index >= 15 is 0 Å². The monoisotopic (exact) mass is 322 g/mol. The Morgan fingerprint density at radius 1 is 1.23 bits per heavy atom. The highest BCUT2D eigenvalue weighted by molar-refractivity contribution is 7.14. The minimum atomic E-state index is -0.482. The second-order valence-electron chi connectivity index (χ2n) is 6.38. The van der Waals surface area contributed by atoms with Gasteiger partial charge >= 0.3 is 0 Å². The van der Waals surface area contributed by atoms with E-state index in [0.29, 0.717) is 11.4 Å². The number of thiophene rings is 1. The van der Waals surface area contributed by atoms with E-state index < -0.39 is 5.91 Å². The fourth-order valence-corrected chi connectivity index (χ4v) is 4.82. The predicted molar refractivity (Wildman–Crippen MR) is 83.9 cm³/mol. The van der Waals surface area contributed by atoms with Gasteiger partial charge in [-0.3, -0.25) is 14.8 Å². The lowest BCUT2D eigenvalue weighted by molar-refractivity contribution is -0.133. The SMILES string of the molecule is O=C(NO)c1cc2c(s1)CNC(=O)C1(CCCCC1)CCC2. The molecule has 1 aliphatic carbocycles. The normalized spacial score (nSPS) is 21.2. The summed E-state index contributed by atoms with van der Waals surface area (Å²) in [6.45, 7) is 0.485. The van der Waals surface area contributed by atoms with Crippen LogP contribution >= 0.6 is 11.3 Å². The highest BCUT2D eigenvalue weighted by atomic mass is 32.1. The molecule has 1 aliphatic heterocycles. The van der Waals surface area contributed by atoms with E-state index in [0.717, 1.165) is 55.4 Å². The summed E-state index contributed by atoms with van der Waals surface area (Å²) in [7, 11) is 0. The van der Waals surface area contributed by atoms with Crippen LogP contribution in [0.2, 0.25) is 0 Å². The van der Waals surface area contributed by atoms with E-state index in [1.807, 2.05) is 6.07 Å². The zero-order valence-electron chi connectivity index (χ0n) is 12.6. The first-order valence-electron chi connectivity index (χ1n) is 7.99. The zero-order valence-corrected chi connectivity index (χ0v) is 13.4. The van der Waals surface area contributed by atoms with E-state index in [4.69, 9.17) is 5.21 Å². The van der Waals surface area contributed by atoms with Crippen molar-refractivity contribution < 1.29 is 14.8 Å². The van der Waals surface area contributed by atoms with Crippen molar-refractivity contribution in [2.24, 2.45) is 5.41 Å². The van der Waals surface area contributed by atoms with Gasteiger partial charge in [0.1, 0.15) is 0 Å². The van der Waals surface area contributed by atoms with Gasteiger partial charge in [-0.05, 0) is 43.7 Å². The molecule has 1 aromatic rings. The van der Waals surface area contributed by atoms with Crippen LogP contribution in [0.5, 0.6) is 0 Å². The molecular weight excluding hydrogens is 300 g/mol. The Kier molecular flexibility index (Phi) is 4.49. The van der Waals surface area contributed by atoms with Crippen molar-refractivity contribution >= 4 is 23.2 Å². The van der Waals surface area contributed by atoms with Gasteiger partial charge in [-0.25, -0.2) is 5.48 Å². The summed E-state index contributed by atoms with van der Waals surface area (Å²) in [6.07, 6.45) is 8.33. The Morgan fingerprint density at radius 3 is 2.68 bits per heavy atom. The Bertz CT molecular complexity index is 576. The van der Waals surface area contributed by atoms with E-state index in [1.165, 1.54) is 17.8 Å². The number of fused-ring (bicyclic) bond motifs is 1. The highest BCUT2D eigenvalue weighted by Gasteiger charge is 2.39. The predicted octanol–water partition coefficient (Wildman–Crippen LogP) is 2.77. The summed E-state index contributed by atoms with van der Waals surface area (Å²) in [5.41, 5.74) is 2.63. The van der Waals surface area contributed by atoms with Crippen molar-refractivity contribution in [1.29, 1.82) is 0 Å². The Balaban J connectivity index is 1.79. The van der Waals surface area contributed by atoms with Gasteiger partial charge in [0, 0.05) is 10.3 Å². The van der Waals surface area contributed by atoms with Gasteiger partial charge in [-0.15, -0.1) is 11.3 Å². The molecule has 3 N–H and O–H groups in total. The number of hydroxylamine groups is 1. The first-order chi connectivity index (χ1) is 10.6. The molecule has 120 valence electrons. The fourth-order valence-electron chi connectivity index (χ4n) is 3.78. The molecule has 1 spiro atoms. The number of nitrogens with one attached hydrogen (secondary N) is 2. The Labute approximate surface area is 134 Å². The molecular formula is C16H22N2O3S. The average Bonchev–Trinajstić information content (AvgIpc) is 2.96. The van der Waals surface area contributed by atoms with Crippen molar-refractivity contribution in [2.45, 2.75) is 57.9 Å². The van der Waals surface area contributed by atoms with E-state index in [1.54, 1.807) is 5.48 Å². The maximum atomic E-state index is 12.7. The zero-order chi connectivity index (χ0) is 15.6. The lowest BCUT2D eigenvalue weighted by Gasteiger charge is -2.35. The van der Waals surface area contributed by atoms with Gasteiger partial charge in [0.2, 0.25) is 5.91 Å². The Hall–Kier alpha value is -1.40. The second-order valence-corrected chi connectivity index (χ2v) is 7.51. The molecule has 6 heteroatoms. The molecule has 0 unspecified atom stereocenters. The molecule has 1 saturated carbocycles. The minimum Gasteiger partial charge on any atom is -0.351 e. The summed E-state index contributed by atoms with van der Waals surface area (Å²) in [4.78, 5) is 25.7. The molecule has 2 amide bonds. The maximum absolute atomic E-state index is 12.7. The third-order valence-electron chi connectivity index (χ3n) is 5.03.